The molecule has 1 heterocycles. The molecule has 0 saturated carbocycles. The van der Waals surface area contributed by atoms with E-state index in [1.165, 1.54) is 0 Å². The van der Waals surface area contributed by atoms with Crippen LogP contribution in [0.15, 0.2) is 0 Å². The zero-order valence-corrected chi connectivity index (χ0v) is 8.58. The second-order valence-electron chi connectivity index (χ2n) is 5.24. The fourth-order valence-corrected chi connectivity index (χ4v) is 1.72. The number of piperidine rings is 1. The van der Waals surface area contributed by atoms with E-state index in [9.17, 15) is 4.39 Å². The fraction of sp³-hybridized carbons (Fsp3) is 1.00. The van der Waals surface area contributed by atoms with Crippen molar-refractivity contribution in [2.45, 2.75) is 52.2 Å². The second kappa shape index (κ2) is 2.99. The van der Waals surface area contributed by atoms with Crippen LogP contribution in [0, 0.1) is 5.41 Å². The summed E-state index contributed by atoms with van der Waals surface area (Å²) >= 11 is 0. The summed E-state index contributed by atoms with van der Waals surface area (Å²) in [6, 6.07) is 0.321. The van der Waals surface area contributed by atoms with E-state index in [1.807, 2.05) is 0 Å². The van der Waals surface area contributed by atoms with Gasteiger partial charge in [0.05, 0.1) is 0 Å². The fourth-order valence-electron chi connectivity index (χ4n) is 1.72. The molecule has 2 heteroatoms. The molecule has 12 heavy (non-hydrogen) atoms. The third-order valence-corrected chi connectivity index (χ3v) is 2.71. The van der Waals surface area contributed by atoms with Gasteiger partial charge in [-0.2, -0.15) is 0 Å². The van der Waals surface area contributed by atoms with Crippen molar-refractivity contribution in [2.75, 3.05) is 6.54 Å². The molecule has 1 rings (SSSR count). The summed E-state index contributed by atoms with van der Waals surface area (Å²) in [5, 5.41) is 3.37. The first-order valence-corrected chi connectivity index (χ1v) is 4.74. The number of rotatable bonds is 0. The van der Waals surface area contributed by atoms with Crippen LogP contribution in [0.1, 0.15) is 40.5 Å². The molecule has 0 aromatic rings. The number of alkyl halides is 1. The third kappa shape index (κ3) is 2.44. The lowest BCUT2D eigenvalue weighted by Crippen LogP contribution is -2.50. The van der Waals surface area contributed by atoms with Crippen LogP contribution >= 0.6 is 0 Å². The van der Waals surface area contributed by atoms with Crippen molar-refractivity contribution in [1.82, 2.24) is 5.32 Å². The first kappa shape index (κ1) is 9.97. The Labute approximate surface area is 74.7 Å². The van der Waals surface area contributed by atoms with E-state index in [0.29, 0.717) is 18.9 Å². The predicted molar refractivity (Wildman–Crippen MR) is 50.0 cm³/mol. The molecule has 0 amide bonds. The zero-order valence-electron chi connectivity index (χ0n) is 8.58. The maximum atomic E-state index is 13.6. The van der Waals surface area contributed by atoms with E-state index in [1.54, 1.807) is 6.92 Å². The average molecular weight is 173 g/mol. The minimum Gasteiger partial charge on any atom is -0.313 e. The number of hydrogen-bond acceptors (Lipinski definition) is 1. The van der Waals surface area contributed by atoms with Crippen LogP contribution in [0.3, 0.4) is 0 Å². The van der Waals surface area contributed by atoms with Crippen LogP contribution in [0.4, 0.5) is 4.39 Å². The smallest absolute Gasteiger partial charge is 0.111 e. The summed E-state index contributed by atoms with van der Waals surface area (Å²) in [4.78, 5) is 0. The summed E-state index contributed by atoms with van der Waals surface area (Å²) in [7, 11) is 0. The first-order chi connectivity index (χ1) is 5.31. The Kier molecular flexibility index (Phi) is 2.48. The maximum absolute atomic E-state index is 13.6. The van der Waals surface area contributed by atoms with Crippen molar-refractivity contribution < 1.29 is 4.39 Å². The third-order valence-electron chi connectivity index (χ3n) is 2.71. The lowest BCUT2D eigenvalue weighted by atomic mass is 9.78. The van der Waals surface area contributed by atoms with Crippen LogP contribution in [0.25, 0.3) is 0 Å². The lowest BCUT2D eigenvalue weighted by Gasteiger charge is -2.40. The quantitative estimate of drug-likeness (QED) is 0.593. The zero-order chi connectivity index (χ0) is 9.41. The molecule has 0 aromatic heterocycles. The Hall–Kier alpha value is -0.110. The topological polar surface area (TPSA) is 12.0 Å². The van der Waals surface area contributed by atoms with Gasteiger partial charge in [0.25, 0.3) is 0 Å². The number of halogens is 1. The molecule has 0 radical (unpaired) electrons. The highest BCUT2D eigenvalue weighted by Crippen LogP contribution is 2.33. The summed E-state index contributed by atoms with van der Waals surface area (Å²) in [5.74, 6) is 0. The standard InChI is InChI=1S/C10H20FN/c1-9(2,3)8-7-10(4,11)5-6-12-8/h8,12H,5-7H2,1-4H3. The summed E-state index contributed by atoms with van der Waals surface area (Å²) in [6.07, 6.45) is 1.30. The Morgan fingerprint density at radius 3 is 2.33 bits per heavy atom. The maximum Gasteiger partial charge on any atom is 0.111 e. The van der Waals surface area contributed by atoms with Crippen LogP contribution in [-0.2, 0) is 0 Å². The van der Waals surface area contributed by atoms with Crippen molar-refractivity contribution in [1.29, 1.82) is 0 Å². The minimum atomic E-state index is -0.955. The van der Waals surface area contributed by atoms with Gasteiger partial charge in [-0.3, -0.25) is 0 Å². The van der Waals surface area contributed by atoms with Gasteiger partial charge < -0.3 is 5.32 Å². The Balaban J connectivity index is 2.58. The molecule has 0 aromatic carbocycles. The van der Waals surface area contributed by atoms with Gasteiger partial charge in [0.1, 0.15) is 5.67 Å². The minimum absolute atomic E-state index is 0.174. The van der Waals surface area contributed by atoms with Gasteiger partial charge in [-0.25, -0.2) is 4.39 Å². The second-order valence-corrected chi connectivity index (χ2v) is 5.24. The van der Waals surface area contributed by atoms with Gasteiger partial charge in [0.2, 0.25) is 0 Å². The first-order valence-electron chi connectivity index (χ1n) is 4.74. The molecule has 1 nitrogen and oxygen atoms in total. The molecule has 1 saturated heterocycles. The molecule has 1 N–H and O–H groups in total. The molecular weight excluding hydrogens is 153 g/mol. The van der Waals surface area contributed by atoms with E-state index < -0.39 is 5.67 Å². The predicted octanol–water partition coefficient (Wildman–Crippen LogP) is 2.51. The Bertz CT molecular complexity index is 154. The largest absolute Gasteiger partial charge is 0.313 e. The van der Waals surface area contributed by atoms with Gasteiger partial charge >= 0.3 is 0 Å². The van der Waals surface area contributed by atoms with Gasteiger partial charge in [-0.1, -0.05) is 20.8 Å². The Morgan fingerprint density at radius 2 is 2.00 bits per heavy atom. The molecule has 2 unspecified atom stereocenters. The van der Waals surface area contributed by atoms with Crippen LogP contribution in [0.2, 0.25) is 0 Å². The Morgan fingerprint density at radius 1 is 1.42 bits per heavy atom. The van der Waals surface area contributed by atoms with Crippen LogP contribution in [0.5, 0.6) is 0 Å². The lowest BCUT2D eigenvalue weighted by molar-refractivity contribution is 0.0752. The highest BCUT2D eigenvalue weighted by Gasteiger charge is 2.36. The summed E-state index contributed by atoms with van der Waals surface area (Å²) < 4.78 is 13.6. The van der Waals surface area contributed by atoms with Crippen molar-refractivity contribution in [3.8, 4) is 0 Å². The summed E-state index contributed by atoms with van der Waals surface area (Å²) in [6.45, 7) is 9.01. The summed E-state index contributed by atoms with van der Waals surface area (Å²) in [5.41, 5.74) is -0.781. The van der Waals surface area contributed by atoms with Crippen molar-refractivity contribution in [3.05, 3.63) is 0 Å². The highest BCUT2D eigenvalue weighted by atomic mass is 19.1. The highest BCUT2D eigenvalue weighted by molar-refractivity contribution is 4.92. The van der Waals surface area contributed by atoms with Crippen molar-refractivity contribution >= 4 is 0 Å². The average Bonchev–Trinajstić information content (AvgIpc) is 1.83. The normalized spacial score (nSPS) is 38.2. The SMILES string of the molecule is CC1(F)CCNC(C(C)(C)C)C1. The molecule has 1 aliphatic heterocycles. The van der Waals surface area contributed by atoms with E-state index >= 15 is 0 Å². The van der Waals surface area contributed by atoms with Gasteiger partial charge in [0.15, 0.2) is 0 Å². The molecular formula is C10H20FN. The molecule has 2 atom stereocenters. The number of nitrogens with one attached hydrogen (secondary N) is 1. The molecule has 0 spiro atoms. The number of hydrogen-bond donors (Lipinski definition) is 1. The van der Waals surface area contributed by atoms with Gasteiger partial charge in [-0.15, -0.1) is 0 Å². The van der Waals surface area contributed by atoms with Gasteiger partial charge in [-0.05, 0) is 31.7 Å². The molecule has 0 bridgehead atoms. The molecule has 1 fully saturated rings. The molecule has 1 aliphatic rings. The molecule has 0 aliphatic carbocycles. The van der Waals surface area contributed by atoms with E-state index in [-0.39, 0.29) is 5.41 Å². The molecule has 72 valence electrons. The van der Waals surface area contributed by atoms with E-state index in [4.69, 9.17) is 0 Å². The van der Waals surface area contributed by atoms with Crippen molar-refractivity contribution in [3.63, 3.8) is 0 Å². The van der Waals surface area contributed by atoms with Crippen LogP contribution < -0.4 is 5.32 Å². The van der Waals surface area contributed by atoms with E-state index in [0.717, 1.165) is 6.54 Å². The van der Waals surface area contributed by atoms with Crippen molar-refractivity contribution in [2.24, 2.45) is 5.41 Å². The van der Waals surface area contributed by atoms with E-state index in [2.05, 4.69) is 26.1 Å². The van der Waals surface area contributed by atoms with Crippen LogP contribution in [-0.4, -0.2) is 18.3 Å². The van der Waals surface area contributed by atoms with Gasteiger partial charge in [0, 0.05) is 6.04 Å². The monoisotopic (exact) mass is 173 g/mol.